The van der Waals surface area contributed by atoms with Crippen molar-refractivity contribution in [3.63, 3.8) is 0 Å². The Hall–Kier alpha value is -1.66. The summed E-state index contributed by atoms with van der Waals surface area (Å²) in [7, 11) is 0. The van der Waals surface area contributed by atoms with E-state index in [1.807, 2.05) is 6.07 Å². The van der Waals surface area contributed by atoms with Gasteiger partial charge in [-0.25, -0.2) is 4.79 Å². The number of carbonyl (C=O) groups is 2. The molecule has 1 aliphatic rings. The van der Waals surface area contributed by atoms with Gasteiger partial charge in [0.25, 0.3) is 0 Å². The molecule has 0 aliphatic heterocycles. The van der Waals surface area contributed by atoms with E-state index in [1.165, 1.54) is 16.9 Å². The third-order valence-corrected chi connectivity index (χ3v) is 6.14. The number of aliphatic hydroxyl groups excluding tert-OH is 1. The average Bonchev–Trinajstić information content (AvgIpc) is 3.03. The van der Waals surface area contributed by atoms with E-state index in [4.69, 9.17) is 0 Å². The van der Waals surface area contributed by atoms with Crippen LogP contribution in [0.2, 0.25) is 0 Å². The van der Waals surface area contributed by atoms with Crippen LogP contribution in [0.4, 0.5) is 5.69 Å². The number of anilines is 1. The van der Waals surface area contributed by atoms with Crippen LogP contribution in [0.25, 0.3) is 0 Å². The highest BCUT2D eigenvalue weighted by Gasteiger charge is 2.27. The number of carboxylic acids is 1. The molecule has 144 valence electrons. The lowest BCUT2D eigenvalue weighted by Gasteiger charge is -2.22. The van der Waals surface area contributed by atoms with Gasteiger partial charge in [0.05, 0.1) is 11.8 Å². The van der Waals surface area contributed by atoms with E-state index in [-0.39, 0.29) is 10.8 Å². The number of hydrogen-bond donors (Lipinski definition) is 2. The van der Waals surface area contributed by atoms with Gasteiger partial charge in [0.15, 0.2) is 0 Å². The molecule has 2 unspecified atom stereocenters. The highest BCUT2D eigenvalue weighted by atomic mass is 32.1. The number of hydrogen-bond acceptors (Lipinski definition) is 4. The minimum atomic E-state index is -0.983. The summed E-state index contributed by atoms with van der Waals surface area (Å²) in [6, 6.07) is 1.91. The van der Waals surface area contributed by atoms with Gasteiger partial charge in [-0.15, -0.1) is 11.3 Å². The first-order chi connectivity index (χ1) is 12.3. The number of rotatable bonds is 8. The molecule has 2 rings (SSSR count). The zero-order valence-corrected chi connectivity index (χ0v) is 16.6. The van der Waals surface area contributed by atoms with Crippen LogP contribution in [0, 0.1) is 0 Å². The smallest absolute Gasteiger partial charge is 0.348 e. The summed E-state index contributed by atoms with van der Waals surface area (Å²) in [6.45, 7) is 6.06. The average molecular weight is 380 g/mol. The van der Waals surface area contributed by atoms with Gasteiger partial charge < -0.3 is 15.1 Å². The van der Waals surface area contributed by atoms with E-state index in [2.05, 4.69) is 13.0 Å². The highest BCUT2D eigenvalue weighted by molar-refractivity contribution is 7.14. The van der Waals surface area contributed by atoms with Crippen LogP contribution in [0.5, 0.6) is 0 Å². The van der Waals surface area contributed by atoms with Gasteiger partial charge in [0.1, 0.15) is 4.88 Å². The minimum Gasteiger partial charge on any atom is -0.477 e. The number of thiophene rings is 1. The Morgan fingerprint density at radius 2 is 2.15 bits per heavy atom. The van der Waals surface area contributed by atoms with Crippen molar-refractivity contribution in [1.29, 1.82) is 0 Å². The maximum absolute atomic E-state index is 12.5. The predicted octanol–water partition coefficient (Wildman–Crippen LogP) is 4.56. The molecule has 0 saturated carbocycles. The van der Waals surface area contributed by atoms with Gasteiger partial charge in [-0.3, -0.25) is 4.79 Å². The molecular weight excluding hydrogens is 350 g/mol. The number of aliphatic hydroxyl groups is 1. The molecule has 26 heavy (non-hydrogen) atoms. The van der Waals surface area contributed by atoms with E-state index in [9.17, 15) is 19.8 Å². The fourth-order valence-electron chi connectivity index (χ4n) is 3.29. The Morgan fingerprint density at radius 1 is 1.42 bits per heavy atom. The molecule has 1 amide bonds. The van der Waals surface area contributed by atoms with Crippen LogP contribution in [0.3, 0.4) is 0 Å². The molecule has 2 N–H and O–H groups in total. The Labute approximate surface area is 159 Å². The van der Waals surface area contributed by atoms with Crippen molar-refractivity contribution in [2.45, 2.75) is 71.3 Å². The number of aromatic carboxylic acids is 1. The van der Waals surface area contributed by atoms with E-state index < -0.39 is 12.1 Å². The third kappa shape index (κ3) is 5.17. The predicted molar refractivity (Wildman–Crippen MR) is 105 cm³/mol. The maximum Gasteiger partial charge on any atom is 0.348 e. The molecule has 1 heterocycles. The molecule has 0 fully saturated rings. The molecule has 0 spiro atoms. The van der Waals surface area contributed by atoms with Crippen molar-refractivity contribution in [3.8, 4) is 0 Å². The lowest BCUT2D eigenvalue weighted by Crippen LogP contribution is -2.32. The number of amides is 1. The van der Waals surface area contributed by atoms with Crippen LogP contribution in [0.1, 0.15) is 79.8 Å². The van der Waals surface area contributed by atoms with Crippen LogP contribution < -0.4 is 4.90 Å². The summed E-state index contributed by atoms with van der Waals surface area (Å²) in [5, 5.41) is 19.1. The largest absolute Gasteiger partial charge is 0.477 e. The van der Waals surface area contributed by atoms with Crippen molar-refractivity contribution in [3.05, 3.63) is 27.5 Å². The summed E-state index contributed by atoms with van der Waals surface area (Å²) in [4.78, 5) is 27.1. The van der Waals surface area contributed by atoms with E-state index in [0.29, 0.717) is 37.4 Å². The SMILES string of the molecule is CCC(=O)N(CCCC(C)O)c1cc(C2CC=C(C)CC2)sc1C(=O)O. The zero-order chi connectivity index (χ0) is 19.3. The van der Waals surface area contributed by atoms with Crippen molar-refractivity contribution in [2.24, 2.45) is 0 Å². The lowest BCUT2D eigenvalue weighted by molar-refractivity contribution is -0.118. The number of allylic oxidation sites excluding steroid dienone is 2. The monoisotopic (exact) mass is 379 g/mol. The second-order valence-corrected chi connectivity index (χ2v) is 8.16. The molecule has 0 saturated heterocycles. The van der Waals surface area contributed by atoms with Gasteiger partial charge in [-0.1, -0.05) is 18.6 Å². The summed E-state index contributed by atoms with van der Waals surface area (Å²) < 4.78 is 0. The Balaban J connectivity index is 2.30. The molecule has 1 aromatic heterocycles. The normalized spacial score (nSPS) is 18.3. The molecule has 2 atom stereocenters. The first-order valence-corrected chi connectivity index (χ1v) is 10.2. The zero-order valence-electron chi connectivity index (χ0n) is 15.8. The van der Waals surface area contributed by atoms with Gasteiger partial charge in [0, 0.05) is 17.8 Å². The van der Waals surface area contributed by atoms with Crippen LogP contribution in [-0.4, -0.2) is 34.7 Å². The van der Waals surface area contributed by atoms with Crippen molar-refractivity contribution in [1.82, 2.24) is 0 Å². The Morgan fingerprint density at radius 3 is 2.69 bits per heavy atom. The molecule has 0 radical (unpaired) electrons. The topological polar surface area (TPSA) is 77.8 Å². The number of carbonyl (C=O) groups excluding carboxylic acids is 1. The van der Waals surface area contributed by atoms with E-state index in [0.717, 1.165) is 24.1 Å². The number of carboxylic acid groups (broad SMARTS) is 1. The van der Waals surface area contributed by atoms with Crippen molar-refractivity contribution >= 4 is 28.9 Å². The summed E-state index contributed by atoms with van der Waals surface area (Å²) in [5.41, 5.74) is 1.90. The molecule has 6 heteroatoms. The van der Waals surface area contributed by atoms with Gasteiger partial charge in [0.2, 0.25) is 5.91 Å². The fourth-order valence-corrected chi connectivity index (χ4v) is 4.44. The van der Waals surface area contributed by atoms with Gasteiger partial charge in [-0.2, -0.15) is 0 Å². The minimum absolute atomic E-state index is 0.0816. The van der Waals surface area contributed by atoms with Crippen LogP contribution in [-0.2, 0) is 4.79 Å². The van der Waals surface area contributed by atoms with Crippen molar-refractivity contribution < 1.29 is 19.8 Å². The fraction of sp³-hybridized carbons (Fsp3) is 0.600. The molecule has 0 aromatic carbocycles. The van der Waals surface area contributed by atoms with Crippen molar-refractivity contribution in [2.75, 3.05) is 11.4 Å². The summed E-state index contributed by atoms with van der Waals surface area (Å²) in [6.07, 6.45) is 6.32. The first-order valence-electron chi connectivity index (χ1n) is 9.34. The Kier molecular flexibility index (Phi) is 7.41. The lowest BCUT2D eigenvalue weighted by atomic mass is 9.89. The molecule has 1 aromatic rings. The highest BCUT2D eigenvalue weighted by Crippen LogP contribution is 2.40. The van der Waals surface area contributed by atoms with E-state index in [1.54, 1.807) is 18.7 Å². The third-order valence-electron chi connectivity index (χ3n) is 4.86. The molecule has 5 nitrogen and oxygen atoms in total. The van der Waals surface area contributed by atoms with Gasteiger partial charge >= 0.3 is 5.97 Å². The Bertz CT molecular complexity index is 677. The van der Waals surface area contributed by atoms with Gasteiger partial charge in [-0.05, 0) is 57.9 Å². The standard InChI is InChI=1S/C20H29NO4S/c1-4-18(23)21(11-5-6-14(3)22)16-12-17(26-19(16)20(24)25)15-9-7-13(2)8-10-15/h7,12,14-15,22H,4-6,8-11H2,1-3H3,(H,24,25). The second-order valence-electron chi connectivity index (χ2n) is 7.08. The van der Waals surface area contributed by atoms with Crippen LogP contribution >= 0.6 is 11.3 Å². The van der Waals surface area contributed by atoms with Crippen LogP contribution in [0.15, 0.2) is 17.7 Å². The second kappa shape index (κ2) is 9.33. The summed E-state index contributed by atoms with van der Waals surface area (Å²) >= 11 is 1.30. The molecular formula is C20H29NO4S. The molecule has 0 bridgehead atoms. The number of nitrogens with zero attached hydrogens (tertiary/aromatic N) is 1. The van der Waals surface area contributed by atoms with E-state index >= 15 is 0 Å². The maximum atomic E-state index is 12.5. The first kappa shape index (κ1) is 20.6. The quantitative estimate of drug-likeness (QED) is 0.649. The molecule has 1 aliphatic carbocycles. The summed E-state index contributed by atoms with van der Waals surface area (Å²) in [5.74, 6) is -0.739.